The molecule has 6 nitrogen and oxygen atoms in total. The SMILES string of the molecule is CC(NCc1nc2ccccc2c(=O)[nH]1)c1ccc2c(c1)OCCO2. The lowest BCUT2D eigenvalue weighted by Crippen LogP contribution is -2.22. The first-order chi connectivity index (χ1) is 12.2. The molecule has 3 aromatic rings. The van der Waals surface area contributed by atoms with Crippen LogP contribution in [0.2, 0.25) is 0 Å². The van der Waals surface area contributed by atoms with Crippen LogP contribution in [0.15, 0.2) is 47.3 Å². The summed E-state index contributed by atoms with van der Waals surface area (Å²) in [6, 6.07) is 13.3. The second-order valence-electron chi connectivity index (χ2n) is 6.04. The Morgan fingerprint density at radius 2 is 1.96 bits per heavy atom. The number of benzene rings is 2. The number of hydrogen-bond acceptors (Lipinski definition) is 5. The van der Waals surface area contributed by atoms with Gasteiger partial charge in [-0.2, -0.15) is 0 Å². The lowest BCUT2D eigenvalue weighted by molar-refractivity contribution is 0.171. The number of H-pyrrole nitrogens is 1. The molecule has 4 rings (SSSR count). The molecule has 0 amide bonds. The highest BCUT2D eigenvalue weighted by molar-refractivity contribution is 5.77. The molecule has 1 atom stereocenters. The van der Waals surface area contributed by atoms with Crippen molar-refractivity contribution in [1.29, 1.82) is 0 Å². The van der Waals surface area contributed by atoms with E-state index in [1.54, 1.807) is 6.07 Å². The molecule has 2 N–H and O–H groups in total. The van der Waals surface area contributed by atoms with Crippen molar-refractivity contribution in [2.45, 2.75) is 19.5 Å². The zero-order chi connectivity index (χ0) is 17.2. The molecule has 1 aliphatic heterocycles. The summed E-state index contributed by atoms with van der Waals surface area (Å²) in [5.41, 5.74) is 1.68. The average molecular weight is 337 g/mol. The number of aromatic amines is 1. The number of ether oxygens (including phenoxy) is 2. The van der Waals surface area contributed by atoms with Gasteiger partial charge in [0.15, 0.2) is 11.5 Å². The molecule has 0 radical (unpaired) electrons. The molecule has 1 unspecified atom stereocenters. The van der Waals surface area contributed by atoms with E-state index >= 15 is 0 Å². The third-order valence-corrected chi connectivity index (χ3v) is 4.30. The molecule has 25 heavy (non-hydrogen) atoms. The van der Waals surface area contributed by atoms with Crippen LogP contribution < -0.4 is 20.3 Å². The minimum Gasteiger partial charge on any atom is -0.486 e. The maximum atomic E-state index is 12.1. The summed E-state index contributed by atoms with van der Waals surface area (Å²) in [7, 11) is 0. The summed E-state index contributed by atoms with van der Waals surface area (Å²) in [5.74, 6) is 2.17. The van der Waals surface area contributed by atoms with Crippen molar-refractivity contribution >= 4 is 10.9 Å². The van der Waals surface area contributed by atoms with Gasteiger partial charge in [-0.1, -0.05) is 18.2 Å². The van der Waals surface area contributed by atoms with Gasteiger partial charge in [-0.3, -0.25) is 4.79 Å². The topological polar surface area (TPSA) is 76.2 Å². The average Bonchev–Trinajstić information content (AvgIpc) is 2.66. The highest BCUT2D eigenvalue weighted by Crippen LogP contribution is 2.32. The molecule has 0 spiro atoms. The van der Waals surface area contributed by atoms with Crippen molar-refractivity contribution in [2.24, 2.45) is 0 Å². The summed E-state index contributed by atoms with van der Waals surface area (Å²) >= 11 is 0. The molecule has 1 aliphatic rings. The molecule has 1 aromatic heterocycles. The van der Waals surface area contributed by atoms with Crippen LogP contribution in [0, 0.1) is 0 Å². The van der Waals surface area contributed by atoms with Gasteiger partial charge in [-0.05, 0) is 36.8 Å². The largest absolute Gasteiger partial charge is 0.486 e. The Hall–Kier alpha value is -2.86. The van der Waals surface area contributed by atoms with Crippen LogP contribution >= 0.6 is 0 Å². The van der Waals surface area contributed by atoms with Crippen LogP contribution in [-0.4, -0.2) is 23.2 Å². The number of fused-ring (bicyclic) bond motifs is 2. The van der Waals surface area contributed by atoms with Crippen LogP contribution in [-0.2, 0) is 6.54 Å². The Morgan fingerprint density at radius 3 is 2.84 bits per heavy atom. The fourth-order valence-electron chi connectivity index (χ4n) is 2.92. The third-order valence-electron chi connectivity index (χ3n) is 4.30. The van der Waals surface area contributed by atoms with E-state index < -0.39 is 0 Å². The molecule has 6 heteroatoms. The van der Waals surface area contributed by atoms with E-state index in [9.17, 15) is 4.79 Å². The third kappa shape index (κ3) is 3.21. The molecule has 0 aliphatic carbocycles. The maximum Gasteiger partial charge on any atom is 0.258 e. The van der Waals surface area contributed by atoms with Crippen molar-refractivity contribution in [1.82, 2.24) is 15.3 Å². The van der Waals surface area contributed by atoms with Gasteiger partial charge in [-0.15, -0.1) is 0 Å². The molecule has 0 saturated heterocycles. The van der Waals surface area contributed by atoms with E-state index in [4.69, 9.17) is 9.47 Å². The molecule has 128 valence electrons. The van der Waals surface area contributed by atoms with Crippen LogP contribution in [0.25, 0.3) is 10.9 Å². The monoisotopic (exact) mass is 337 g/mol. The van der Waals surface area contributed by atoms with E-state index in [-0.39, 0.29) is 11.6 Å². The zero-order valence-corrected chi connectivity index (χ0v) is 13.9. The summed E-state index contributed by atoms with van der Waals surface area (Å²) in [5, 5.41) is 3.99. The first-order valence-corrected chi connectivity index (χ1v) is 8.31. The molecule has 2 heterocycles. The zero-order valence-electron chi connectivity index (χ0n) is 13.9. The van der Waals surface area contributed by atoms with Gasteiger partial charge in [0.2, 0.25) is 0 Å². The highest BCUT2D eigenvalue weighted by atomic mass is 16.6. The van der Waals surface area contributed by atoms with Gasteiger partial charge in [0, 0.05) is 6.04 Å². The molecule has 0 saturated carbocycles. The van der Waals surface area contributed by atoms with E-state index in [2.05, 4.69) is 22.2 Å². The minimum atomic E-state index is -0.116. The predicted molar refractivity (Wildman–Crippen MR) is 95.1 cm³/mol. The Bertz CT molecular complexity index is 968. The molecule has 0 fully saturated rings. The summed E-state index contributed by atoms with van der Waals surface area (Å²) in [4.78, 5) is 19.5. The summed E-state index contributed by atoms with van der Waals surface area (Å²) < 4.78 is 11.2. The van der Waals surface area contributed by atoms with Crippen LogP contribution in [0.4, 0.5) is 0 Å². The van der Waals surface area contributed by atoms with Crippen molar-refractivity contribution in [2.75, 3.05) is 13.2 Å². The Kier molecular flexibility index (Phi) is 4.11. The number of nitrogens with one attached hydrogen (secondary N) is 2. The number of aromatic nitrogens is 2. The number of hydrogen-bond donors (Lipinski definition) is 2. The van der Waals surface area contributed by atoms with Crippen molar-refractivity contribution in [3.8, 4) is 11.5 Å². The van der Waals surface area contributed by atoms with E-state index in [1.807, 2.05) is 36.4 Å². The van der Waals surface area contributed by atoms with Gasteiger partial charge >= 0.3 is 0 Å². The smallest absolute Gasteiger partial charge is 0.258 e. The standard InChI is InChI=1S/C19H19N3O3/c1-12(13-6-7-16-17(10-13)25-9-8-24-16)20-11-18-21-15-5-3-2-4-14(15)19(23)22-18/h2-7,10,12,20H,8-9,11H2,1H3,(H,21,22,23). The Morgan fingerprint density at radius 1 is 1.16 bits per heavy atom. The van der Waals surface area contributed by atoms with Crippen LogP contribution in [0.3, 0.4) is 0 Å². The Balaban J connectivity index is 1.50. The quantitative estimate of drug-likeness (QED) is 0.765. The lowest BCUT2D eigenvalue weighted by Gasteiger charge is -2.21. The molecular weight excluding hydrogens is 318 g/mol. The lowest BCUT2D eigenvalue weighted by atomic mass is 10.1. The van der Waals surface area contributed by atoms with Crippen molar-refractivity contribution in [3.05, 3.63) is 64.2 Å². The first-order valence-electron chi connectivity index (χ1n) is 8.31. The van der Waals surface area contributed by atoms with Gasteiger partial charge in [-0.25, -0.2) is 4.98 Å². The van der Waals surface area contributed by atoms with Gasteiger partial charge in [0.1, 0.15) is 19.0 Å². The fraction of sp³-hybridized carbons (Fsp3) is 0.263. The van der Waals surface area contributed by atoms with Gasteiger partial charge in [0.25, 0.3) is 5.56 Å². The fourth-order valence-corrected chi connectivity index (χ4v) is 2.92. The summed E-state index contributed by atoms with van der Waals surface area (Å²) in [6.07, 6.45) is 0. The van der Waals surface area contributed by atoms with Crippen LogP contribution in [0.5, 0.6) is 11.5 Å². The van der Waals surface area contributed by atoms with E-state index in [0.29, 0.717) is 36.5 Å². The second-order valence-corrected chi connectivity index (χ2v) is 6.04. The van der Waals surface area contributed by atoms with Gasteiger partial charge in [0.05, 0.1) is 17.4 Å². The van der Waals surface area contributed by atoms with Crippen LogP contribution in [0.1, 0.15) is 24.4 Å². The first kappa shape index (κ1) is 15.7. The maximum absolute atomic E-state index is 12.1. The van der Waals surface area contributed by atoms with Crippen molar-refractivity contribution in [3.63, 3.8) is 0 Å². The minimum absolute atomic E-state index is 0.0765. The predicted octanol–water partition coefficient (Wildman–Crippen LogP) is 2.55. The van der Waals surface area contributed by atoms with E-state index in [1.165, 1.54) is 0 Å². The number of rotatable bonds is 4. The molecule has 2 aromatic carbocycles. The normalized spacial score (nSPS) is 14.4. The molecule has 0 bridgehead atoms. The van der Waals surface area contributed by atoms with Crippen molar-refractivity contribution < 1.29 is 9.47 Å². The number of para-hydroxylation sites is 1. The second kappa shape index (κ2) is 6.57. The number of nitrogens with zero attached hydrogens (tertiary/aromatic N) is 1. The highest BCUT2D eigenvalue weighted by Gasteiger charge is 2.14. The van der Waals surface area contributed by atoms with E-state index in [0.717, 1.165) is 17.1 Å². The molecular formula is C19H19N3O3. The summed E-state index contributed by atoms with van der Waals surface area (Å²) in [6.45, 7) is 3.68. The Labute approximate surface area is 144 Å². The van der Waals surface area contributed by atoms with Gasteiger partial charge < -0.3 is 19.8 Å².